The molecule has 0 fully saturated rings. The van der Waals surface area contributed by atoms with Crippen molar-refractivity contribution in [3.8, 4) is 0 Å². The molecule has 16 heavy (non-hydrogen) atoms. The topological polar surface area (TPSA) is 0 Å². The molecule has 0 saturated carbocycles. The van der Waals surface area contributed by atoms with E-state index in [1.54, 1.807) is 0 Å². The van der Waals surface area contributed by atoms with Crippen molar-refractivity contribution in [3.05, 3.63) is 11.1 Å². The summed E-state index contributed by atoms with van der Waals surface area (Å²) in [5, 5.41) is 0. The fourth-order valence-corrected chi connectivity index (χ4v) is 3.75. The second kappa shape index (κ2) is 3.89. The summed E-state index contributed by atoms with van der Waals surface area (Å²) in [6.45, 7) is 12.3. The van der Waals surface area contributed by atoms with Crippen molar-refractivity contribution in [2.75, 3.05) is 0 Å². The van der Waals surface area contributed by atoms with Gasteiger partial charge in [-0.2, -0.15) is 0 Å². The summed E-state index contributed by atoms with van der Waals surface area (Å²) in [5.41, 5.74) is 4.70. The van der Waals surface area contributed by atoms with Crippen LogP contribution in [0.5, 0.6) is 0 Å². The molecule has 2 atom stereocenters. The number of hydrogen-bond donors (Lipinski definition) is 0. The molecular weight excluding hydrogens is 192 g/mol. The first-order valence-corrected chi connectivity index (χ1v) is 7.12. The van der Waals surface area contributed by atoms with Gasteiger partial charge in [-0.25, -0.2) is 0 Å². The molecule has 0 saturated heterocycles. The minimum atomic E-state index is 0.490. The van der Waals surface area contributed by atoms with Crippen LogP contribution in [-0.2, 0) is 0 Å². The van der Waals surface area contributed by atoms with Gasteiger partial charge in [0, 0.05) is 0 Å². The molecule has 0 aromatic heterocycles. The molecule has 0 aliphatic heterocycles. The molecule has 0 amide bonds. The largest absolute Gasteiger partial charge is 0.0648 e. The molecule has 2 unspecified atom stereocenters. The van der Waals surface area contributed by atoms with Gasteiger partial charge in [0.05, 0.1) is 0 Å². The summed E-state index contributed by atoms with van der Waals surface area (Å²) in [4.78, 5) is 0. The minimum Gasteiger partial charge on any atom is -0.0648 e. The van der Waals surface area contributed by atoms with E-state index in [2.05, 4.69) is 34.6 Å². The predicted molar refractivity (Wildman–Crippen MR) is 71.5 cm³/mol. The molecule has 0 radical (unpaired) electrons. The molecule has 0 nitrogen and oxygen atoms in total. The molecule has 0 heteroatoms. The van der Waals surface area contributed by atoms with Crippen LogP contribution < -0.4 is 0 Å². The Kier molecular flexibility index (Phi) is 2.97. The van der Waals surface area contributed by atoms with Gasteiger partial charge in [-0.1, -0.05) is 45.8 Å². The van der Waals surface area contributed by atoms with Gasteiger partial charge in [0.25, 0.3) is 0 Å². The normalized spacial score (nSPS) is 38.4. The summed E-state index contributed by atoms with van der Waals surface area (Å²) >= 11 is 0. The second-order valence-corrected chi connectivity index (χ2v) is 7.10. The Balaban J connectivity index is 2.44. The van der Waals surface area contributed by atoms with Crippen molar-refractivity contribution < 1.29 is 0 Å². The van der Waals surface area contributed by atoms with Crippen LogP contribution in [0.1, 0.15) is 73.1 Å². The summed E-state index contributed by atoms with van der Waals surface area (Å²) in [6.07, 6.45) is 8.30. The lowest BCUT2D eigenvalue weighted by atomic mass is 9.57. The second-order valence-electron chi connectivity index (χ2n) is 7.10. The molecule has 0 aromatic carbocycles. The highest BCUT2D eigenvalue weighted by Gasteiger charge is 2.42. The summed E-state index contributed by atoms with van der Waals surface area (Å²) in [7, 11) is 0. The minimum absolute atomic E-state index is 0.490. The van der Waals surface area contributed by atoms with Crippen molar-refractivity contribution in [1.29, 1.82) is 0 Å². The third-order valence-electron chi connectivity index (χ3n) is 5.43. The highest BCUT2D eigenvalue weighted by atomic mass is 14.5. The zero-order valence-electron chi connectivity index (χ0n) is 11.8. The van der Waals surface area contributed by atoms with E-state index < -0.39 is 0 Å². The molecule has 0 bridgehead atoms. The lowest BCUT2D eigenvalue weighted by Crippen LogP contribution is -2.35. The number of allylic oxidation sites excluding steroid dienone is 2. The van der Waals surface area contributed by atoms with E-state index in [-0.39, 0.29) is 0 Å². The van der Waals surface area contributed by atoms with Crippen LogP contribution in [0.4, 0.5) is 0 Å². The van der Waals surface area contributed by atoms with Crippen LogP contribution in [-0.4, -0.2) is 0 Å². The van der Waals surface area contributed by atoms with Gasteiger partial charge in [-0.15, -0.1) is 0 Å². The first-order valence-electron chi connectivity index (χ1n) is 7.12. The van der Waals surface area contributed by atoms with E-state index in [9.17, 15) is 0 Å². The highest BCUT2D eigenvalue weighted by Crippen LogP contribution is 2.55. The molecule has 0 heterocycles. The van der Waals surface area contributed by atoms with Gasteiger partial charge < -0.3 is 0 Å². The Labute approximate surface area is 102 Å². The molecular formula is C16H28. The first-order chi connectivity index (χ1) is 7.39. The lowest BCUT2D eigenvalue weighted by molar-refractivity contribution is 0.202. The third-order valence-corrected chi connectivity index (χ3v) is 5.43. The van der Waals surface area contributed by atoms with E-state index in [1.807, 2.05) is 11.1 Å². The monoisotopic (exact) mass is 220 g/mol. The standard InChI is InChI=1S/C16H28/c1-6-16(5)10-9-15(3,4)13-8-7-12(2)11-14(13)16/h12H,6-11H2,1-5H3. The van der Waals surface area contributed by atoms with E-state index in [0.29, 0.717) is 10.8 Å². The zero-order chi connectivity index (χ0) is 12.0. The van der Waals surface area contributed by atoms with E-state index in [1.165, 1.54) is 38.5 Å². The maximum Gasteiger partial charge on any atom is -0.0116 e. The summed E-state index contributed by atoms with van der Waals surface area (Å²) in [5.74, 6) is 0.915. The molecule has 2 rings (SSSR count). The lowest BCUT2D eigenvalue weighted by Gasteiger charge is -2.48. The van der Waals surface area contributed by atoms with Gasteiger partial charge in [0.15, 0.2) is 0 Å². The van der Waals surface area contributed by atoms with Crippen LogP contribution >= 0.6 is 0 Å². The zero-order valence-corrected chi connectivity index (χ0v) is 11.8. The van der Waals surface area contributed by atoms with Crippen molar-refractivity contribution >= 4 is 0 Å². The van der Waals surface area contributed by atoms with E-state index >= 15 is 0 Å². The van der Waals surface area contributed by atoms with Crippen LogP contribution in [0, 0.1) is 16.7 Å². The van der Waals surface area contributed by atoms with Crippen molar-refractivity contribution in [2.24, 2.45) is 16.7 Å². The molecule has 0 aromatic rings. The Morgan fingerprint density at radius 1 is 1.12 bits per heavy atom. The van der Waals surface area contributed by atoms with Crippen molar-refractivity contribution in [1.82, 2.24) is 0 Å². The van der Waals surface area contributed by atoms with Crippen LogP contribution in [0.2, 0.25) is 0 Å². The van der Waals surface area contributed by atoms with Gasteiger partial charge >= 0.3 is 0 Å². The van der Waals surface area contributed by atoms with Crippen molar-refractivity contribution in [2.45, 2.75) is 73.1 Å². The fourth-order valence-electron chi connectivity index (χ4n) is 3.75. The maximum atomic E-state index is 2.51. The van der Waals surface area contributed by atoms with Gasteiger partial charge in [0.1, 0.15) is 0 Å². The fraction of sp³-hybridized carbons (Fsp3) is 0.875. The molecule has 0 N–H and O–H groups in total. The highest BCUT2D eigenvalue weighted by molar-refractivity contribution is 5.32. The van der Waals surface area contributed by atoms with Gasteiger partial charge in [-0.3, -0.25) is 0 Å². The van der Waals surface area contributed by atoms with Crippen LogP contribution in [0.25, 0.3) is 0 Å². The first kappa shape index (κ1) is 12.2. The Morgan fingerprint density at radius 2 is 1.81 bits per heavy atom. The van der Waals surface area contributed by atoms with Gasteiger partial charge in [-0.05, 0) is 55.3 Å². The van der Waals surface area contributed by atoms with Gasteiger partial charge in [0.2, 0.25) is 0 Å². The smallest absolute Gasteiger partial charge is 0.0116 e. The Bertz CT molecular complexity index is 308. The number of rotatable bonds is 1. The Morgan fingerprint density at radius 3 is 2.44 bits per heavy atom. The molecule has 0 spiro atoms. The average Bonchev–Trinajstić information content (AvgIpc) is 2.24. The van der Waals surface area contributed by atoms with Crippen LogP contribution in [0.3, 0.4) is 0 Å². The predicted octanol–water partition coefficient (Wildman–Crippen LogP) is 5.34. The summed E-state index contributed by atoms with van der Waals surface area (Å²) in [6, 6.07) is 0. The SMILES string of the molecule is CCC1(C)CCC(C)(C)C2=C1CC(C)CC2. The molecule has 2 aliphatic rings. The average molecular weight is 220 g/mol. The third kappa shape index (κ3) is 1.85. The molecule has 2 aliphatic carbocycles. The molecule has 92 valence electrons. The van der Waals surface area contributed by atoms with Crippen molar-refractivity contribution in [3.63, 3.8) is 0 Å². The summed E-state index contributed by atoms with van der Waals surface area (Å²) < 4.78 is 0. The van der Waals surface area contributed by atoms with E-state index in [0.717, 1.165) is 5.92 Å². The van der Waals surface area contributed by atoms with Crippen LogP contribution in [0.15, 0.2) is 11.1 Å². The maximum absolute atomic E-state index is 2.51. The Hall–Kier alpha value is -0.260. The number of hydrogen-bond acceptors (Lipinski definition) is 0. The quantitative estimate of drug-likeness (QED) is 0.523. The van der Waals surface area contributed by atoms with E-state index in [4.69, 9.17) is 0 Å².